The van der Waals surface area contributed by atoms with Crippen molar-refractivity contribution in [3.05, 3.63) is 55.5 Å². The number of hydrogen-bond acceptors (Lipinski definition) is 6. The molecule has 0 aliphatic heterocycles. The maximum absolute atomic E-state index is 12.2. The van der Waals surface area contributed by atoms with Gasteiger partial charge in [-0.15, -0.1) is 0 Å². The van der Waals surface area contributed by atoms with Crippen LogP contribution >= 0.6 is 11.3 Å². The van der Waals surface area contributed by atoms with Gasteiger partial charge >= 0.3 is 5.69 Å². The Morgan fingerprint density at radius 2 is 2.00 bits per heavy atom. The van der Waals surface area contributed by atoms with Gasteiger partial charge < -0.3 is 10.6 Å². The predicted molar refractivity (Wildman–Crippen MR) is 102 cm³/mol. The third kappa shape index (κ3) is 3.80. The van der Waals surface area contributed by atoms with Crippen LogP contribution in [0.4, 0.5) is 5.69 Å². The van der Waals surface area contributed by atoms with Crippen molar-refractivity contribution < 1.29 is 9.59 Å². The zero-order valence-corrected chi connectivity index (χ0v) is 15.5. The summed E-state index contributed by atoms with van der Waals surface area (Å²) in [5.41, 5.74) is 0.176. The molecule has 0 fully saturated rings. The molecule has 10 heteroatoms. The summed E-state index contributed by atoms with van der Waals surface area (Å²) >= 11 is 1.42. The second kappa shape index (κ2) is 7.54. The van der Waals surface area contributed by atoms with Crippen LogP contribution in [0.5, 0.6) is 0 Å². The summed E-state index contributed by atoms with van der Waals surface area (Å²) in [4.78, 5) is 52.1. The summed E-state index contributed by atoms with van der Waals surface area (Å²) < 4.78 is 2.25. The van der Waals surface area contributed by atoms with Gasteiger partial charge in [0.15, 0.2) is 0 Å². The highest BCUT2D eigenvalue weighted by molar-refractivity contribution is 7.08. The molecule has 3 rings (SSSR count). The molecule has 0 bridgehead atoms. The first kappa shape index (κ1) is 18.5. The van der Waals surface area contributed by atoms with Crippen LogP contribution in [-0.4, -0.2) is 32.5 Å². The molecule has 0 aromatic carbocycles. The smallest absolute Gasteiger partial charge is 0.332 e. The minimum Gasteiger partial charge on any atom is -0.351 e. The maximum Gasteiger partial charge on any atom is 0.332 e. The van der Waals surface area contributed by atoms with E-state index >= 15 is 0 Å². The number of aryl methyl sites for hydroxylation is 1. The van der Waals surface area contributed by atoms with Crippen LogP contribution < -0.4 is 21.9 Å². The van der Waals surface area contributed by atoms with E-state index in [1.807, 2.05) is 0 Å². The Kier molecular flexibility index (Phi) is 5.17. The second-order valence-corrected chi connectivity index (χ2v) is 6.65. The second-order valence-electron chi connectivity index (χ2n) is 5.87. The molecule has 27 heavy (non-hydrogen) atoms. The summed E-state index contributed by atoms with van der Waals surface area (Å²) in [6.07, 6.45) is 1.45. The van der Waals surface area contributed by atoms with Gasteiger partial charge in [-0.3, -0.25) is 23.5 Å². The van der Waals surface area contributed by atoms with Crippen molar-refractivity contribution in [3.63, 3.8) is 0 Å². The van der Waals surface area contributed by atoms with Crippen molar-refractivity contribution >= 4 is 39.9 Å². The number of pyridine rings is 1. The summed E-state index contributed by atoms with van der Waals surface area (Å²) in [6, 6.07) is 3.18. The van der Waals surface area contributed by atoms with E-state index in [0.717, 1.165) is 4.57 Å². The van der Waals surface area contributed by atoms with E-state index in [2.05, 4.69) is 15.6 Å². The third-order valence-corrected chi connectivity index (χ3v) is 4.68. The molecule has 0 saturated carbocycles. The molecule has 0 unspecified atom stereocenters. The van der Waals surface area contributed by atoms with Crippen LogP contribution in [0, 0.1) is 0 Å². The molecule has 2 N–H and O–H groups in total. The molecule has 9 nitrogen and oxygen atoms in total. The Morgan fingerprint density at radius 3 is 2.70 bits per heavy atom. The van der Waals surface area contributed by atoms with E-state index in [0.29, 0.717) is 11.3 Å². The Morgan fingerprint density at radius 1 is 1.22 bits per heavy atom. The molecular formula is C17H17N5O4S. The lowest BCUT2D eigenvalue weighted by atomic mass is 10.3. The van der Waals surface area contributed by atoms with Gasteiger partial charge in [-0.2, -0.15) is 11.3 Å². The van der Waals surface area contributed by atoms with Crippen molar-refractivity contribution in [2.24, 2.45) is 14.1 Å². The number of aromatic nitrogens is 3. The number of nitrogens with zero attached hydrogens (tertiary/aromatic N) is 3. The number of rotatable bonds is 5. The maximum atomic E-state index is 12.2. The number of thiophene rings is 1. The van der Waals surface area contributed by atoms with Crippen LogP contribution in [0.15, 0.2) is 38.7 Å². The number of fused-ring (bicyclic) bond motifs is 1. The Balaban J connectivity index is 1.67. The average molecular weight is 387 g/mol. The van der Waals surface area contributed by atoms with E-state index in [1.165, 1.54) is 42.3 Å². The largest absolute Gasteiger partial charge is 0.351 e. The summed E-state index contributed by atoms with van der Waals surface area (Å²) in [5.74, 6) is -0.566. The molecule has 140 valence electrons. The molecule has 0 radical (unpaired) electrons. The zero-order chi connectivity index (χ0) is 19.6. The van der Waals surface area contributed by atoms with Crippen LogP contribution in [0.25, 0.3) is 11.0 Å². The van der Waals surface area contributed by atoms with Gasteiger partial charge in [0.1, 0.15) is 5.65 Å². The fourth-order valence-electron chi connectivity index (χ4n) is 2.54. The van der Waals surface area contributed by atoms with Crippen molar-refractivity contribution in [1.82, 2.24) is 19.4 Å². The lowest BCUT2D eigenvalue weighted by Crippen LogP contribution is -2.37. The zero-order valence-electron chi connectivity index (χ0n) is 14.7. The van der Waals surface area contributed by atoms with E-state index < -0.39 is 11.2 Å². The van der Waals surface area contributed by atoms with Gasteiger partial charge in [0.25, 0.3) is 11.5 Å². The molecule has 3 aromatic rings. The fraction of sp³-hybridized carbons (Fsp3) is 0.235. The van der Waals surface area contributed by atoms with E-state index in [4.69, 9.17) is 0 Å². The number of nitrogens with one attached hydrogen (secondary N) is 2. The van der Waals surface area contributed by atoms with Crippen LogP contribution in [0.2, 0.25) is 0 Å². The topological polar surface area (TPSA) is 115 Å². The molecule has 0 atom stereocenters. The SMILES string of the molecule is Cn1c(=O)c2cc(NC(=O)CCNC(=O)c3ccsc3)cnc2n(C)c1=O. The highest BCUT2D eigenvalue weighted by atomic mass is 32.1. The Hall–Kier alpha value is -3.27. The molecule has 3 heterocycles. The van der Waals surface area contributed by atoms with Crippen molar-refractivity contribution in [2.75, 3.05) is 11.9 Å². The summed E-state index contributed by atoms with van der Waals surface area (Å²) in [7, 11) is 2.90. The summed E-state index contributed by atoms with van der Waals surface area (Å²) in [5, 5.41) is 9.05. The highest BCUT2D eigenvalue weighted by Gasteiger charge is 2.12. The minimum atomic E-state index is -0.486. The van der Waals surface area contributed by atoms with E-state index in [1.54, 1.807) is 16.8 Å². The summed E-state index contributed by atoms with van der Waals surface area (Å²) in [6.45, 7) is 0.178. The number of carbonyl (C=O) groups excluding carboxylic acids is 2. The molecule has 0 saturated heterocycles. The van der Waals surface area contributed by atoms with Crippen LogP contribution in [0.3, 0.4) is 0 Å². The number of hydrogen-bond donors (Lipinski definition) is 2. The highest BCUT2D eigenvalue weighted by Crippen LogP contribution is 2.12. The van der Waals surface area contributed by atoms with Gasteiger partial charge in [-0.25, -0.2) is 9.78 Å². The van der Waals surface area contributed by atoms with Crippen molar-refractivity contribution in [3.8, 4) is 0 Å². The molecular weight excluding hydrogens is 370 g/mol. The molecule has 0 aliphatic rings. The Bertz CT molecular complexity index is 1130. The van der Waals surface area contributed by atoms with E-state index in [-0.39, 0.29) is 35.8 Å². The third-order valence-electron chi connectivity index (χ3n) is 4.00. The minimum absolute atomic E-state index is 0.0687. The first-order valence-electron chi connectivity index (χ1n) is 8.04. The van der Waals surface area contributed by atoms with Gasteiger partial charge in [-0.1, -0.05) is 0 Å². The first-order valence-corrected chi connectivity index (χ1v) is 8.99. The number of anilines is 1. The monoisotopic (exact) mass is 387 g/mol. The van der Waals surface area contributed by atoms with Crippen LogP contribution in [0.1, 0.15) is 16.8 Å². The van der Waals surface area contributed by atoms with Gasteiger partial charge in [0.2, 0.25) is 5.91 Å². The molecule has 0 aliphatic carbocycles. The van der Waals surface area contributed by atoms with Gasteiger partial charge in [0, 0.05) is 38.0 Å². The van der Waals surface area contributed by atoms with Crippen LogP contribution in [-0.2, 0) is 18.9 Å². The Labute approximate surface area is 157 Å². The molecule has 2 amide bonds. The van der Waals surface area contributed by atoms with E-state index in [9.17, 15) is 19.2 Å². The quantitative estimate of drug-likeness (QED) is 0.660. The number of carbonyl (C=O) groups is 2. The lowest BCUT2D eigenvalue weighted by Gasteiger charge is -2.09. The molecule has 3 aromatic heterocycles. The lowest BCUT2D eigenvalue weighted by molar-refractivity contribution is -0.116. The standard InChI is InChI=1S/C17H17N5O4S/c1-21-14-12(16(25)22(2)17(21)26)7-11(8-19-14)20-13(23)3-5-18-15(24)10-4-6-27-9-10/h4,6-9H,3,5H2,1-2H3,(H,18,24)(H,20,23). The fourth-order valence-corrected chi connectivity index (χ4v) is 3.18. The number of amides is 2. The average Bonchev–Trinajstić information content (AvgIpc) is 3.19. The van der Waals surface area contributed by atoms with Gasteiger partial charge in [-0.05, 0) is 17.5 Å². The van der Waals surface area contributed by atoms with Crippen molar-refractivity contribution in [2.45, 2.75) is 6.42 Å². The molecule has 0 spiro atoms. The normalized spacial score (nSPS) is 10.7. The predicted octanol–water partition coefficient (Wildman–Crippen LogP) is 0.452. The first-order chi connectivity index (χ1) is 12.9. The van der Waals surface area contributed by atoms with Gasteiger partial charge in [0.05, 0.1) is 17.3 Å². The van der Waals surface area contributed by atoms with Crippen molar-refractivity contribution in [1.29, 1.82) is 0 Å².